The Morgan fingerprint density at radius 1 is 1.11 bits per heavy atom. The smallest absolute Gasteiger partial charge is 0.264 e. The number of imide groups is 2. The summed E-state index contributed by atoms with van der Waals surface area (Å²) in [5.41, 5.74) is 1.29. The molecule has 0 spiro atoms. The number of fused-ring (bicyclic) bond motifs is 1. The molecule has 0 radical (unpaired) electrons. The molecule has 0 aromatic heterocycles. The first kappa shape index (κ1) is 25.9. The Kier molecular flexibility index (Phi) is 7.20. The molecule has 1 aromatic carbocycles. The fourth-order valence-electron chi connectivity index (χ4n) is 5.81. The van der Waals surface area contributed by atoms with Gasteiger partial charge < -0.3 is 9.80 Å². The van der Waals surface area contributed by atoms with Gasteiger partial charge in [0, 0.05) is 39.0 Å². The van der Waals surface area contributed by atoms with Crippen LogP contribution < -0.4 is 10.2 Å². The van der Waals surface area contributed by atoms with Gasteiger partial charge in [-0.1, -0.05) is 26.8 Å². The highest BCUT2D eigenvalue weighted by Crippen LogP contribution is 2.38. The third kappa shape index (κ3) is 4.63. The summed E-state index contributed by atoms with van der Waals surface area (Å²) in [5, 5.41) is 2.24. The topological polar surface area (TPSA) is 107 Å². The molecule has 1 unspecified atom stereocenters. The Labute approximate surface area is 212 Å². The molecule has 3 heterocycles. The zero-order valence-electron chi connectivity index (χ0n) is 21.6. The Morgan fingerprint density at radius 2 is 1.78 bits per heavy atom. The van der Waals surface area contributed by atoms with Gasteiger partial charge in [-0.3, -0.25) is 34.2 Å². The van der Waals surface area contributed by atoms with Gasteiger partial charge in [0.2, 0.25) is 17.7 Å². The SMILES string of the molecule is CCC(CC)C(=O)N(C)CC1(C)CCN(c2cccc3c2C(=O)N(C2CCC(=O)NC2=O)C3=O)CC1. The number of benzene rings is 1. The third-order valence-electron chi connectivity index (χ3n) is 8.09. The lowest BCUT2D eigenvalue weighted by Crippen LogP contribution is -2.54. The molecule has 1 N–H and O–H groups in total. The van der Waals surface area contributed by atoms with Crippen LogP contribution in [0.2, 0.25) is 0 Å². The van der Waals surface area contributed by atoms with E-state index in [0.29, 0.717) is 36.4 Å². The van der Waals surface area contributed by atoms with Crippen LogP contribution in [-0.4, -0.2) is 72.1 Å². The number of rotatable bonds is 7. The molecule has 0 bridgehead atoms. The lowest BCUT2D eigenvalue weighted by atomic mass is 9.79. The van der Waals surface area contributed by atoms with E-state index in [0.717, 1.165) is 30.6 Å². The second kappa shape index (κ2) is 10.0. The van der Waals surface area contributed by atoms with Crippen LogP contribution in [0.5, 0.6) is 0 Å². The van der Waals surface area contributed by atoms with Crippen LogP contribution in [0.3, 0.4) is 0 Å². The van der Waals surface area contributed by atoms with Crippen molar-refractivity contribution in [3.63, 3.8) is 0 Å². The second-order valence-corrected chi connectivity index (χ2v) is 10.7. The normalized spacial score (nSPS) is 21.6. The maximum atomic E-state index is 13.4. The minimum atomic E-state index is -0.976. The van der Waals surface area contributed by atoms with Crippen LogP contribution in [-0.2, 0) is 14.4 Å². The number of carbonyl (C=O) groups excluding carboxylic acids is 5. The summed E-state index contributed by atoms with van der Waals surface area (Å²) in [5.74, 6) is -1.72. The molecule has 0 saturated carbocycles. The third-order valence-corrected chi connectivity index (χ3v) is 8.09. The Balaban J connectivity index is 1.48. The van der Waals surface area contributed by atoms with Gasteiger partial charge in [0.05, 0.1) is 16.8 Å². The van der Waals surface area contributed by atoms with Crippen LogP contribution in [0.4, 0.5) is 5.69 Å². The second-order valence-electron chi connectivity index (χ2n) is 10.7. The zero-order chi connectivity index (χ0) is 26.2. The zero-order valence-corrected chi connectivity index (χ0v) is 21.6. The van der Waals surface area contributed by atoms with Gasteiger partial charge >= 0.3 is 0 Å². The molecule has 2 fully saturated rings. The number of hydrogen-bond acceptors (Lipinski definition) is 6. The van der Waals surface area contributed by atoms with E-state index in [9.17, 15) is 24.0 Å². The van der Waals surface area contributed by atoms with Crippen molar-refractivity contribution in [3.05, 3.63) is 29.3 Å². The van der Waals surface area contributed by atoms with Gasteiger partial charge in [-0.05, 0) is 49.7 Å². The highest BCUT2D eigenvalue weighted by molar-refractivity contribution is 6.25. The van der Waals surface area contributed by atoms with Gasteiger partial charge in [0.25, 0.3) is 11.8 Å². The van der Waals surface area contributed by atoms with E-state index in [-0.39, 0.29) is 30.1 Å². The number of nitrogens with one attached hydrogen (secondary N) is 1. The molecule has 0 aliphatic carbocycles. The molecule has 3 aliphatic rings. The predicted molar refractivity (Wildman–Crippen MR) is 134 cm³/mol. The molecule has 9 nitrogen and oxygen atoms in total. The van der Waals surface area contributed by atoms with Gasteiger partial charge in [-0.25, -0.2) is 0 Å². The minimum absolute atomic E-state index is 0.0382. The summed E-state index contributed by atoms with van der Waals surface area (Å²) in [6, 6.07) is 4.26. The van der Waals surface area contributed by atoms with Crippen molar-refractivity contribution in [1.29, 1.82) is 0 Å². The maximum absolute atomic E-state index is 13.4. The molecule has 3 aliphatic heterocycles. The first-order valence-corrected chi connectivity index (χ1v) is 12.9. The number of amides is 5. The Morgan fingerprint density at radius 3 is 2.39 bits per heavy atom. The van der Waals surface area contributed by atoms with Crippen molar-refractivity contribution in [2.75, 3.05) is 31.6 Å². The van der Waals surface area contributed by atoms with Crippen molar-refractivity contribution in [2.24, 2.45) is 11.3 Å². The number of carbonyl (C=O) groups is 5. The minimum Gasteiger partial charge on any atom is -0.371 e. The van der Waals surface area contributed by atoms with Crippen molar-refractivity contribution >= 4 is 35.2 Å². The highest BCUT2D eigenvalue weighted by atomic mass is 16.2. The van der Waals surface area contributed by atoms with Gasteiger partial charge in [0.1, 0.15) is 6.04 Å². The monoisotopic (exact) mass is 496 g/mol. The maximum Gasteiger partial charge on any atom is 0.264 e. The van der Waals surface area contributed by atoms with E-state index in [1.807, 2.05) is 31.9 Å². The fraction of sp³-hybridized carbons (Fsp3) is 0.593. The summed E-state index contributed by atoms with van der Waals surface area (Å²) in [6.07, 6.45) is 3.59. The molecule has 194 valence electrons. The summed E-state index contributed by atoms with van der Waals surface area (Å²) < 4.78 is 0. The molecule has 9 heteroatoms. The van der Waals surface area contributed by atoms with E-state index in [1.165, 1.54) is 0 Å². The van der Waals surface area contributed by atoms with Crippen LogP contribution in [0.15, 0.2) is 18.2 Å². The van der Waals surface area contributed by atoms with Crippen molar-refractivity contribution in [3.8, 4) is 0 Å². The highest BCUT2D eigenvalue weighted by Gasteiger charge is 2.46. The molecule has 1 aromatic rings. The molecule has 1 atom stereocenters. The molecule has 36 heavy (non-hydrogen) atoms. The van der Waals surface area contributed by atoms with Gasteiger partial charge in [0.15, 0.2) is 0 Å². The number of piperidine rings is 2. The summed E-state index contributed by atoms with van der Waals surface area (Å²) >= 11 is 0. The molecule has 4 rings (SSSR count). The van der Waals surface area contributed by atoms with E-state index in [2.05, 4.69) is 17.1 Å². The summed E-state index contributed by atoms with van der Waals surface area (Å²) in [4.78, 5) is 68.3. The standard InChI is InChI=1S/C27H36N4O5/c1-5-17(6-2)24(34)29(4)16-27(3)12-14-30(15-13-27)19-9-7-8-18-22(19)26(36)31(25(18)35)20-10-11-21(32)28-23(20)33/h7-9,17,20H,5-6,10-16H2,1-4H3,(H,28,32,33). The van der Waals surface area contributed by atoms with E-state index >= 15 is 0 Å². The van der Waals surface area contributed by atoms with Crippen molar-refractivity contribution in [2.45, 2.75) is 65.3 Å². The van der Waals surface area contributed by atoms with Gasteiger partial charge in [-0.15, -0.1) is 0 Å². The lowest BCUT2D eigenvalue weighted by molar-refractivity contribution is -0.137. The number of nitrogens with zero attached hydrogens (tertiary/aromatic N) is 3. The predicted octanol–water partition coefficient (Wildman–Crippen LogP) is 2.59. The van der Waals surface area contributed by atoms with E-state index in [1.54, 1.807) is 12.1 Å². The van der Waals surface area contributed by atoms with Crippen LogP contribution in [0, 0.1) is 11.3 Å². The Hall–Kier alpha value is -3.23. The molecular formula is C27H36N4O5. The molecule has 5 amide bonds. The summed E-state index contributed by atoms with van der Waals surface area (Å²) in [7, 11) is 1.89. The lowest BCUT2D eigenvalue weighted by Gasteiger charge is -2.43. The van der Waals surface area contributed by atoms with Crippen LogP contribution >= 0.6 is 0 Å². The Bertz CT molecular complexity index is 1090. The van der Waals surface area contributed by atoms with Crippen LogP contribution in [0.25, 0.3) is 0 Å². The average Bonchev–Trinajstić information content (AvgIpc) is 3.10. The van der Waals surface area contributed by atoms with Crippen molar-refractivity contribution < 1.29 is 24.0 Å². The molecular weight excluding hydrogens is 460 g/mol. The largest absolute Gasteiger partial charge is 0.371 e. The molecule has 2 saturated heterocycles. The van der Waals surface area contributed by atoms with Crippen molar-refractivity contribution in [1.82, 2.24) is 15.1 Å². The number of hydrogen-bond donors (Lipinski definition) is 1. The summed E-state index contributed by atoms with van der Waals surface area (Å²) in [6.45, 7) is 8.37. The quantitative estimate of drug-likeness (QED) is 0.582. The first-order valence-electron chi connectivity index (χ1n) is 12.9. The van der Waals surface area contributed by atoms with Crippen LogP contribution in [0.1, 0.15) is 80.0 Å². The fourth-order valence-corrected chi connectivity index (χ4v) is 5.81. The van der Waals surface area contributed by atoms with E-state index < -0.39 is 29.7 Å². The number of anilines is 1. The van der Waals surface area contributed by atoms with Gasteiger partial charge in [-0.2, -0.15) is 0 Å². The first-order chi connectivity index (χ1) is 17.1. The van der Waals surface area contributed by atoms with E-state index in [4.69, 9.17) is 0 Å². The average molecular weight is 497 g/mol.